The molecule has 50 valence electrons. The zero-order valence-corrected chi connectivity index (χ0v) is 7.31. The fraction of sp³-hybridized carbons (Fsp3) is 1.00. The Balaban J connectivity index is 2.94. The first-order valence-electron chi connectivity index (χ1n) is 2.21. The maximum Gasteiger partial charge on any atom is 0.201 e. The Bertz CT molecular complexity index is 106. The van der Waals surface area contributed by atoms with Crippen LogP contribution < -0.4 is 4.72 Å². The number of hydrogen-bond acceptors (Lipinski definition) is 2. The highest BCUT2D eigenvalue weighted by atomic mass is 127. The molecule has 0 aliphatic heterocycles. The lowest BCUT2D eigenvalue weighted by Gasteiger charge is -1.89. The molecule has 0 radical (unpaired) electrons. The second-order valence-corrected chi connectivity index (χ2v) is 3.12. The van der Waals surface area contributed by atoms with Gasteiger partial charge in [0, 0.05) is 11.0 Å². The van der Waals surface area contributed by atoms with Gasteiger partial charge in [-0.25, -0.2) is 13.1 Å². The Morgan fingerprint density at radius 1 is 1.50 bits per heavy atom. The van der Waals surface area contributed by atoms with Gasteiger partial charge in [0.1, 0.15) is 0 Å². The summed E-state index contributed by atoms with van der Waals surface area (Å²) in [5.74, 6) is 0. The highest BCUT2D eigenvalue weighted by Gasteiger charge is 1.82. The lowest BCUT2D eigenvalue weighted by molar-refractivity contribution is 0.601. The molecular weight excluding hydrogens is 241 g/mol. The van der Waals surface area contributed by atoms with E-state index in [4.69, 9.17) is 0 Å². The third-order valence-corrected chi connectivity index (χ3v) is 1.80. The predicted molar refractivity (Wildman–Crippen MR) is 41.8 cm³/mol. The van der Waals surface area contributed by atoms with E-state index in [2.05, 4.69) is 27.3 Å². The Labute approximate surface area is 64.1 Å². The Kier molecular flexibility index (Phi) is 6.23. The molecule has 0 amide bonds. The summed E-state index contributed by atoms with van der Waals surface area (Å²) in [5, 5.41) is 0. The van der Waals surface area contributed by atoms with Crippen LogP contribution in [0.15, 0.2) is 0 Å². The van der Waals surface area contributed by atoms with Gasteiger partial charge in [0.2, 0.25) is 10.9 Å². The molecule has 3 nitrogen and oxygen atoms in total. The molecule has 0 saturated heterocycles. The average molecular weight is 249 g/mol. The van der Waals surface area contributed by atoms with E-state index in [1.165, 1.54) is 0 Å². The van der Waals surface area contributed by atoms with Crippen molar-refractivity contribution in [1.82, 2.24) is 4.72 Å². The third-order valence-electron chi connectivity index (χ3n) is 0.551. The normalized spacial score (nSPS) is 10.2. The summed E-state index contributed by atoms with van der Waals surface area (Å²) in [6, 6.07) is 0. The molecule has 0 bridgehead atoms. The average Bonchev–Trinajstić information content (AvgIpc) is 1.66. The summed E-state index contributed by atoms with van der Waals surface area (Å²) in [7, 11) is -2.37. The van der Waals surface area contributed by atoms with Crippen molar-refractivity contribution in [3.05, 3.63) is 0 Å². The van der Waals surface area contributed by atoms with Gasteiger partial charge in [-0.1, -0.05) is 22.6 Å². The van der Waals surface area contributed by atoms with E-state index in [0.717, 1.165) is 10.8 Å². The minimum atomic E-state index is -2.37. The van der Waals surface area contributed by atoms with E-state index in [9.17, 15) is 8.42 Å². The maximum absolute atomic E-state index is 9.80. The monoisotopic (exact) mass is 249 g/mol. The molecule has 5 heteroatoms. The van der Waals surface area contributed by atoms with Crippen molar-refractivity contribution in [3.63, 3.8) is 0 Å². The first-order chi connectivity index (χ1) is 3.77. The smallest absolute Gasteiger partial charge is 0.201 e. The van der Waals surface area contributed by atoms with Crippen LogP contribution in [0.3, 0.4) is 0 Å². The zero-order valence-electron chi connectivity index (χ0n) is 4.26. The van der Waals surface area contributed by atoms with Gasteiger partial charge in [-0.2, -0.15) is 0 Å². The molecule has 8 heavy (non-hydrogen) atoms. The van der Waals surface area contributed by atoms with Crippen molar-refractivity contribution < 1.29 is 8.42 Å². The molecule has 0 unspecified atom stereocenters. The lowest BCUT2D eigenvalue weighted by atomic mass is 10.5. The largest absolute Gasteiger partial charge is 0.218 e. The quantitative estimate of drug-likeness (QED) is 0.317. The van der Waals surface area contributed by atoms with Crippen LogP contribution >= 0.6 is 22.6 Å². The van der Waals surface area contributed by atoms with E-state index in [0.29, 0.717) is 6.54 Å². The van der Waals surface area contributed by atoms with E-state index in [1.807, 2.05) is 0 Å². The van der Waals surface area contributed by atoms with Gasteiger partial charge < -0.3 is 0 Å². The molecule has 0 aliphatic rings. The van der Waals surface area contributed by atoms with E-state index < -0.39 is 10.9 Å². The zero-order chi connectivity index (χ0) is 6.41. The van der Waals surface area contributed by atoms with Crippen LogP contribution in [0.4, 0.5) is 0 Å². The fourth-order valence-corrected chi connectivity index (χ4v) is 0.959. The molecule has 0 fully saturated rings. The molecule has 0 aromatic carbocycles. The summed E-state index contributed by atoms with van der Waals surface area (Å²) in [5.41, 5.74) is 0. The van der Waals surface area contributed by atoms with Gasteiger partial charge in [-0.3, -0.25) is 0 Å². The summed E-state index contributed by atoms with van der Waals surface area (Å²) in [6.45, 7) is 0.571. The fourth-order valence-electron chi connectivity index (χ4n) is 0.237. The number of hydrogen-bond donors (Lipinski definition) is 2. The van der Waals surface area contributed by atoms with Gasteiger partial charge in [-0.05, 0) is 6.42 Å². The van der Waals surface area contributed by atoms with Crippen LogP contribution in [0.2, 0.25) is 0 Å². The van der Waals surface area contributed by atoms with Crippen LogP contribution in [0.5, 0.6) is 0 Å². The maximum atomic E-state index is 9.80. The van der Waals surface area contributed by atoms with Crippen molar-refractivity contribution >= 4 is 33.5 Å². The first kappa shape index (κ1) is 8.64. The molecule has 0 aromatic heterocycles. The van der Waals surface area contributed by atoms with E-state index in [-0.39, 0.29) is 0 Å². The first-order valence-corrected chi connectivity index (χ1v) is 4.91. The molecule has 0 atom stereocenters. The van der Waals surface area contributed by atoms with Gasteiger partial charge in [0.25, 0.3) is 0 Å². The van der Waals surface area contributed by atoms with Crippen LogP contribution in [0.25, 0.3) is 0 Å². The SMILES string of the molecule is O=[SH](=O)NCCCI. The number of alkyl halides is 1. The summed E-state index contributed by atoms with van der Waals surface area (Å²) in [4.78, 5) is 0. The van der Waals surface area contributed by atoms with Gasteiger partial charge in [0.15, 0.2) is 0 Å². The third kappa shape index (κ3) is 6.64. The molecule has 0 aliphatic carbocycles. The van der Waals surface area contributed by atoms with Crippen molar-refractivity contribution in [1.29, 1.82) is 0 Å². The van der Waals surface area contributed by atoms with Crippen molar-refractivity contribution in [2.45, 2.75) is 6.42 Å². The number of nitrogens with one attached hydrogen (secondary N) is 1. The summed E-state index contributed by atoms with van der Waals surface area (Å²) < 4.78 is 22.9. The topological polar surface area (TPSA) is 46.2 Å². The summed E-state index contributed by atoms with van der Waals surface area (Å²) >= 11 is 2.20. The van der Waals surface area contributed by atoms with Crippen LogP contribution in [0, 0.1) is 0 Å². The Morgan fingerprint density at radius 2 is 2.12 bits per heavy atom. The van der Waals surface area contributed by atoms with Crippen LogP contribution in [-0.4, -0.2) is 19.4 Å². The van der Waals surface area contributed by atoms with Crippen LogP contribution in [0.1, 0.15) is 6.42 Å². The van der Waals surface area contributed by atoms with Crippen molar-refractivity contribution in [2.75, 3.05) is 11.0 Å². The molecule has 0 saturated carbocycles. The number of halogens is 1. The van der Waals surface area contributed by atoms with Gasteiger partial charge in [0.05, 0.1) is 0 Å². The number of thiol groups is 1. The standard InChI is InChI=1S/C3H8INO2S/c4-2-1-3-5-8(6)7/h8H,1-3H2,(H,5,6,7). The molecule has 0 spiro atoms. The second-order valence-electron chi connectivity index (χ2n) is 1.21. The molecule has 0 rings (SSSR count). The highest BCUT2D eigenvalue weighted by molar-refractivity contribution is 14.1. The van der Waals surface area contributed by atoms with E-state index in [1.54, 1.807) is 0 Å². The summed E-state index contributed by atoms with van der Waals surface area (Å²) in [6.07, 6.45) is 0.907. The Hall–Kier alpha value is 0.640. The van der Waals surface area contributed by atoms with Crippen molar-refractivity contribution in [2.24, 2.45) is 0 Å². The van der Waals surface area contributed by atoms with Crippen LogP contribution in [-0.2, 0) is 10.9 Å². The molecule has 1 N–H and O–H groups in total. The predicted octanol–water partition coefficient (Wildman–Crippen LogP) is -0.0725. The molecular formula is C3H8INO2S. The lowest BCUT2D eigenvalue weighted by Crippen LogP contribution is -2.12. The van der Waals surface area contributed by atoms with E-state index >= 15 is 0 Å². The van der Waals surface area contributed by atoms with Gasteiger partial charge >= 0.3 is 0 Å². The highest BCUT2D eigenvalue weighted by Crippen LogP contribution is 1.84. The van der Waals surface area contributed by atoms with Crippen molar-refractivity contribution in [3.8, 4) is 0 Å². The number of rotatable bonds is 4. The van der Waals surface area contributed by atoms with Gasteiger partial charge in [-0.15, -0.1) is 0 Å². The molecule has 0 heterocycles. The molecule has 0 aromatic rings. The second kappa shape index (κ2) is 5.77. The minimum absolute atomic E-state index is 0.571. The Morgan fingerprint density at radius 3 is 2.50 bits per heavy atom. The minimum Gasteiger partial charge on any atom is -0.218 e.